The Hall–Kier alpha value is -0.860. The topological polar surface area (TPSA) is 32.3 Å². The van der Waals surface area contributed by atoms with Crippen molar-refractivity contribution in [2.24, 2.45) is 0 Å². The van der Waals surface area contributed by atoms with Crippen molar-refractivity contribution in [1.29, 1.82) is 0 Å². The van der Waals surface area contributed by atoms with E-state index in [1.165, 1.54) is 22.3 Å². The molecule has 1 aromatic rings. The molecule has 0 aliphatic heterocycles. The van der Waals surface area contributed by atoms with Gasteiger partial charge in [-0.2, -0.15) is 0 Å². The molecule has 1 unspecified atom stereocenters. The number of benzene rings is 1. The van der Waals surface area contributed by atoms with E-state index in [0.717, 1.165) is 19.4 Å². The van der Waals surface area contributed by atoms with Gasteiger partial charge in [-0.1, -0.05) is 17.7 Å². The van der Waals surface area contributed by atoms with Crippen molar-refractivity contribution < 1.29 is 5.11 Å². The monoisotopic (exact) mass is 235 g/mol. The predicted molar refractivity (Wildman–Crippen MR) is 73.3 cm³/mol. The number of aliphatic hydroxyl groups excluding tert-OH is 1. The first-order valence-corrected chi connectivity index (χ1v) is 6.45. The van der Waals surface area contributed by atoms with Crippen LogP contribution in [0.1, 0.15) is 42.0 Å². The van der Waals surface area contributed by atoms with E-state index in [1.54, 1.807) is 0 Å². The van der Waals surface area contributed by atoms with Crippen molar-refractivity contribution in [3.05, 3.63) is 34.4 Å². The minimum absolute atomic E-state index is 0.286. The molecular weight excluding hydrogens is 210 g/mol. The van der Waals surface area contributed by atoms with Gasteiger partial charge in [0.1, 0.15) is 0 Å². The first kappa shape index (κ1) is 14.2. The Morgan fingerprint density at radius 3 is 2.29 bits per heavy atom. The minimum Gasteiger partial charge on any atom is -0.396 e. The van der Waals surface area contributed by atoms with Gasteiger partial charge in [-0.25, -0.2) is 0 Å². The van der Waals surface area contributed by atoms with E-state index in [9.17, 15) is 0 Å². The van der Waals surface area contributed by atoms with Crippen LogP contribution >= 0.6 is 0 Å². The van der Waals surface area contributed by atoms with Crippen molar-refractivity contribution in [3.8, 4) is 0 Å². The molecule has 0 heterocycles. The number of hydrogen-bond acceptors (Lipinski definition) is 2. The first-order valence-electron chi connectivity index (χ1n) is 6.45. The fourth-order valence-corrected chi connectivity index (χ4v) is 2.26. The van der Waals surface area contributed by atoms with Gasteiger partial charge in [-0.3, -0.25) is 0 Å². The van der Waals surface area contributed by atoms with E-state index in [-0.39, 0.29) is 6.61 Å². The second-order valence-corrected chi connectivity index (χ2v) is 5.03. The van der Waals surface area contributed by atoms with Crippen molar-refractivity contribution in [3.63, 3.8) is 0 Å². The van der Waals surface area contributed by atoms with Crippen LogP contribution in [0.5, 0.6) is 0 Å². The smallest absolute Gasteiger partial charge is 0.0431 e. The van der Waals surface area contributed by atoms with Crippen LogP contribution < -0.4 is 5.32 Å². The van der Waals surface area contributed by atoms with Crippen LogP contribution in [0, 0.1) is 20.8 Å². The fourth-order valence-electron chi connectivity index (χ4n) is 2.26. The summed E-state index contributed by atoms with van der Waals surface area (Å²) in [5.74, 6) is 0. The summed E-state index contributed by atoms with van der Waals surface area (Å²) in [6, 6.07) is 4.94. The number of aryl methyl sites for hydroxylation is 3. The molecule has 0 saturated heterocycles. The highest BCUT2D eigenvalue weighted by atomic mass is 16.2. The molecule has 0 radical (unpaired) electrons. The van der Waals surface area contributed by atoms with Crippen LogP contribution in [0.2, 0.25) is 0 Å². The summed E-state index contributed by atoms with van der Waals surface area (Å²) in [6.07, 6.45) is 1.90. The third kappa shape index (κ3) is 4.49. The highest BCUT2D eigenvalue weighted by Crippen LogP contribution is 2.16. The zero-order valence-corrected chi connectivity index (χ0v) is 11.5. The molecule has 0 amide bonds. The van der Waals surface area contributed by atoms with E-state index in [1.807, 2.05) is 0 Å². The minimum atomic E-state index is 0.286. The highest BCUT2D eigenvalue weighted by molar-refractivity contribution is 5.37. The Kier molecular flexibility index (Phi) is 5.66. The largest absolute Gasteiger partial charge is 0.396 e. The third-order valence-electron chi connectivity index (χ3n) is 3.26. The van der Waals surface area contributed by atoms with E-state index in [0.29, 0.717) is 6.04 Å². The van der Waals surface area contributed by atoms with Crippen LogP contribution in [0.15, 0.2) is 12.1 Å². The second-order valence-electron chi connectivity index (χ2n) is 5.03. The molecule has 0 saturated carbocycles. The third-order valence-corrected chi connectivity index (χ3v) is 3.26. The number of hydrogen-bond donors (Lipinski definition) is 2. The maximum absolute atomic E-state index is 8.79. The Balaban J connectivity index is 2.57. The van der Waals surface area contributed by atoms with Crippen LogP contribution in [-0.4, -0.2) is 17.8 Å². The average Bonchev–Trinajstić information content (AvgIpc) is 2.24. The highest BCUT2D eigenvalue weighted by Gasteiger charge is 2.06. The quantitative estimate of drug-likeness (QED) is 0.794. The van der Waals surface area contributed by atoms with Gasteiger partial charge in [0.05, 0.1) is 0 Å². The van der Waals surface area contributed by atoms with E-state index in [4.69, 9.17) is 5.11 Å². The Labute approximate surface area is 105 Å². The molecule has 0 aromatic heterocycles. The summed E-state index contributed by atoms with van der Waals surface area (Å²) in [6.45, 7) is 9.87. The van der Waals surface area contributed by atoms with Crippen molar-refractivity contribution in [2.75, 3.05) is 6.61 Å². The molecule has 1 rings (SSSR count). The first-order chi connectivity index (χ1) is 8.04. The molecule has 0 fully saturated rings. The lowest BCUT2D eigenvalue weighted by Crippen LogP contribution is -2.26. The molecule has 0 bridgehead atoms. The van der Waals surface area contributed by atoms with E-state index in [2.05, 4.69) is 45.1 Å². The average molecular weight is 235 g/mol. The molecule has 2 heteroatoms. The maximum atomic E-state index is 8.79. The molecular formula is C15H25NO. The number of aliphatic hydroxyl groups is 1. The second kappa shape index (κ2) is 6.77. The Bertz CT molecular complexity index is 337. The Morgan fingerprint density at radius 2 is 1.76 bits per heavy atom. The van der Waals surface area contributed by atoms with Gasteiger partial charge in [0.25, 0.3) is 0 Å². The van der Waals surface area contributed by atoms with Crippen molar-refractivity contribution in [1.82, 2.24) is 5.32 Å². The molecule has 0 aliphatic rings. The lowest BCUT2D eigenvalue weighted by atomic mass is 9.99. The molecule has 1 aromatic carbocycles. The summed E-state index contributed by atoms with van der Waals surface area (Å²) in [7, 11) is 0. The molecule has 17 heavy (non-hydrogen) atoms. The van der Waals surface area contributed by atoms with E-state index >= 15 is 0 Å². The summed E-state index contributed by atoms with van der Waals surface area (Å²) < 4.78 is 0. The van der Waals surface area contributed by atoms with Crippen molar-refractivity contribution >= 4 is 0 Å². The lowest BCUT2D eigenvalue weighted by molar-refractivity contribution is 0.276. The molecule has 1 atom stereocenters. The molecule has 2 N–H and O–H groups in total. The maximum Gasteiger partial charge on any atom is 0.0431 e. The van der Waals surface area contributed by atoms with Crippen LogP contribution in [0.4, 0.5) is 0 Å². The normalized spacial score (nSPS) is 12.8. The standard InChI is InChI=1S/C15H25NO/c1-11-8-12(2)15(13(3)9-11)10-16-14(4)6-5-7-17/h8-9,14,16-17H,5-7,10H2,1-4H3. The summed E-state index contributed by atoms with van der Waals surface area (Å²) in [4.78, 5) is 0. The molecule has 0 aliphatic carbocycles. The number of rotatable bonds is 6. The van der Waals surface area contributed by atoms with Gasteiger partial charge in [0.2, 0.25) is 0 Å². The van der Waals surface area contributed by atoms with Crippen LogP contribution in [-0.2, 0) is 6.54 Å². The number of nitrogens with one attached hydrogen (secondary N) is 1. The van der Waals surface area contributed by atoms with Gasteiger partial charge >= 0.3 is 0 Å². The zero-order valence-electron chi connectivity index (χ0n) is 11.5. The van der Waals surface area contributed by atoms with E-state index < -0.39 is 0 Å². The summed E-state index contributed by atoms with van der Waals surface area (Å²) in [5, 5.41) is 12.3. The van der Waals surface area contributed by atoms with Crippen LogP contribution in [0.25, 0.3) is 0 Å². The Morgan fingerprint density at radius 1 is 1.18 bits per heavy atom. The van der Waals surface area contributed by atoms with Gasteiger partial charge in [-0.15, -0.1) is 0 Å². The lowest BCUT2D eigenvalue weighted by Gasteiger charge is -2.16. The SMILES string of the molecule is Cc1cc(C)c(CNC(C)CCCO)c(C)c1. The zero-order chi connectivity index (χ0) is 12.8. The van der Waals surface area contributed by atoms with Gasteiger partial charge in [0, 0.05) is 19.2 Å². The molecule has 96 valence electrons. The van der Waals surface area contributed by atoms with Gasteiger partial charge < -0.3 is 10.4 Å². The van der Waals surface area contributed by atoms with Gasteiger partial charge in [-0.05, 0) is 57.2 Å². The predicted octanol–water partition coefficient (Wildman–Crippen LogP) is 2.86. The summed E-state index contributed by atoms with van der Waals surface area (Å²) in [5.41, 5.74) is 5.47. The van der Waals surface area contributed by atoms with Crippen LogP contribution in [0.3, 0.4) is 0 Å². The fraction of sp³-hybridized carbons (Fsp3) is 0.600. The summed E-state index contributed by atoms with van der Waals surface area (Å²) >= 11 is 0. The van der Waals surface area contributed by atoms with Gasteiger partial charge in [0.15, 0.2) is 0 Å². The van der Waals surface area contributed by atoms with Crippen molar-refractivity contribution in [2.45, 2.75) is 53.1 Å². The molecule has 0 spiro atoms. The molecule has 2 nitrogen and oxygen atoms in total.